The molecular weight excluding hydrogens is 262 g/mol. The number of carbonyl (C=O) groups excluding carboxylic acids is 1. The minimum absolute atomic E-state index is 0.161. The van der Waals surface area contributed by atoms with E-state index in [-0.39, 0.29) is 18.2 Å². The van der Waals surface area contributed by atoms with Crippen molar-refractivity contribution in [2.75, 3.05) is 0 Å². The summed E-state index contributed by atoms with van der Waals surface area (Å²) in [6, 6.07) is 16.0. The fourth-order valence-corrected chi connectivity index (χ4v) is 1.93. The van der Waals surface area contributed by atoms with Gasteiger partial charge in [-0.2, -0.15) is 0 Å². The first-order valence-corrected chi connectivity index (χ1v) is 6.35. The van der Waals surface area contributed by atoms with Crippen molar-refractivity contribution < 1.29 is 9.90 Å². The summed E-state index contributed by atoms with van der Waals surface area (Å²) in [5.74, 6) is -0.121. The summed E-state index contributed by atoms with van der Waals surface area (Å²) in [4.78, 5) is 11.9. The van der Waals surface area contributed by atoms with Crippen LogP contribution < -0.4 is 5.32 Å². The minimum Gasteiger partial charge on any atom is -0.508 e. The zero-order valence-electron chi connectivity index (χ0n) is 10.2. The predicted octanol–water partition coefficient (Wildman–Crippen LogP) is 2.99. The van der Waals surface area contributed by atoms with Gasteiger partial charge in [0.05, 0.1) is 0 Å². The van der Waals surface area contributed by atoms with Crippen LogP contribution in [0.3, 0.4) is 0 Å². The van der Waals surface area contributed by atoms with Crippen molar-refractivity contribution in [1.82, 2.24) is 5.32 Å². The smallest absolute Gasteiger partial charge is 0.242 e. The Balaban J connectivity index is 1.97. The van der Waals surface area contributed by atoms with Gasteiger partial charge in [-0.1, -0.05) is 48.5 Å². The first kappa shape index (κ1) is 13.4. The van der Waals surface area contributed by atoms with Crippen LogP contribution >= 0.6 is 11.6 Å². The van der Waals surface area contributed by atoms with Crippen molar-refractivity contribution in [3.8, 4) is 5.75 Å². The molecule has 1 amide bonds. The van der Waals surface area contributed by atoms with Gasteiger partial charge in [0, 0.05) is 12.1 Å². The number of nitrogens with one attached hydrogen (secondary N) is 1. The number of aromatic hydroxyl groups is 1. The molecule has 1 unspecified atom stereocenters. The molecule has 0 aliphatic carbocycles. The lowest BCUT2D eigenvalue weighted by Crippen LogP contribution is -2.26. The molecule has 2 rings (SSSR count). The lowest BCUT2D eigenvalue weighted by atomic mass is 10.1. The lowest BCUT2D eigenvalue weighted by molar-refractivity contribution is -0.121. The zero-order valence-corrected chi connectivity index (χ0v) is 11.0. The lowest BCUT2D eigenvalue weighted by Gasteiger charge is -2.11. The van der Waals surface area contributed by atoms with Crippen LogP contribution in [0, 0.1) is 0 Å². The molecule has 0 aromatic heterocycles. The maximum Gasteiger partial charge on any atom is 0.242 e. The summed E-state index contributed by atoms with van der Waals surface area (Å²) in [6.07, 6.45) is 0. The predicted molar refractivity (Wildman–Crippen MR) is 75.0 cm³/mol. The van der Waals surface area contributed by atoms with Crippen molar-refractivity contribution in [3.63, 3.8) is 0 Å². The number of hydrogen-bond acceptors (Lipinski definition) is 2. The van der Waals surface area contributed by atoms with Crippen molar-refractivity contribution in [2.24, 2.45) is 0 Å². The van der Waals surface area contributed by atoms with Crippen LogP contribution in [0.4, 0.5) is 0 Å². The zero-order chi connectivity index (χ0) is 13.7. The highest BCUT2D eigenvalue weighted by molar-refractivity contribution is 6.30. The average molecular weight is 276 g/mol. The number of amides is 1. The van der Waals surface area contributed by atoms with Gasteiger partial charge >= 0.3 is 0 Å². The van der Waals surface area contributed by atoms with Crippen molar-refractivity contribution in [2.45, 2.75) is 11.9 Å². The maximum absolute atomic E-state index is 11.9. The normalized spacial score (nSPS) is 11.8. The first-order chi connectivity index (χ1) is 9.18. The second-order valence-corrected chi connectivity index (χ2v) is 4.56. The highest BCUT2D eigenvalue weighted by Gasteiger charge is 2.17. The highest BCUT2D eigenvalue weighted by Crippen LogP contribution is 2.21. The molecule has 0 bridgehead atoms. The molecule has 98 valence electrons. The van der Waals surface area contributed by atoms with Crippen LogP contribution in [0.15, 0.2) is 54.6 Å². The number of para-hydroxylation sites is 1. The molecule has 2 aromatic rings. The summed E-state index contributed by atoms with van der Waals surface area (Å²) < 4.78 is 0. The van der Waals surface area contributed by atoms with E-state index in [4.69, 9.17) is 11.6 Å². The van der Waals surface area contributed by atoms with E-state index in [2.05, 4.69) is 5.32 Å². The average Bonchev–Trinajstić information content (AvgIpc) is 2.46. The quantitative estimate of drug-likeness (QED) is 0.843. The minimum atomic E-state index is -0.730. The molecule has 4 heteroatoms. The van der Waals surface area contributed by atoms with Crippen LogP contribution in [-0.4, -0.2) is 11.0 Å². The molecule has 1 atom stereocenters. The van der Waals surface area contributed by atoms with Crippen LogP contribution in [0.1, 0.15) is 16.5 Å². The van der Waals surface area contributed by atoms with E-state index in [0.717, 1.165) is 5.56 Å². The van der Waals surface area contributed by atoms with Gasteiger partial charge in [-0.15, -0.1) is 11.6 Å². The van der Waals surface area contributed by atoms with Gasteiger partial charge in [0.2, 0.25) is 5.91 Å². The number of phenolic OH excluding ortho intramolecular Hbond substituents is 1. The first-order valence-electron chi connectivity index (χ1n) is 5.92. The molecule has 3 nitrogen and oxygen atoms in total. The molecule has 0 saturated carbocycles. The Bertz CT molecular complexity index is 557. The SMILES string of the molecule is O=C(NCc1ccccc1O)C(Cl)c1ccccc1. The topological polar surface area (TPSA) is 49.3 Å². The van der Waals surface area contributed by atoms with Crippen LogP contribution in [-0.2, 0) is 11.3 Å². The van der Waals surface area contributed by atoms with E-state index in [9.17, 15) is 9.90 Å². The molecule has 0 spiro atoms. The second kappa shape index (κ2) is 6.25. The van der Waals surface area contributed by atoms with Gasteiger partial charge in [0.25, 0.3) is 0 Å². The van der Waals surface area contributed by atoms with E-state index >= 15 is 0 Å². The van der Waals surface area contributed by atoms with Crippen LogP contribution in [0.5, 0.6) is 5.75 Å². The molecular formula is C15H14ClNO2. The van der Waals surface area contributed by atoms with Gasteiger partial charge in [0.15, 0.2) is 0 Å². The molecule has 0 aliphatic heterocycles. The molecule has 0 fully saturated rings. The Kier molecular flexibility index (Phi) is 4.42. The van der Waals surface area contributed by atoms with Gasteiger partial charge in [-0.25, -0.2) is 0 Å². The van der Waals surface area contributed by atoms with E-state index in [0.29, 0.717) is 5.56 Å². The number of hydrogen-bond donors (Lipinski definition) is 2. The molecule has 0 aliphatic rings. The van der Waals surface area contributed by atoms with Crippen LogP contribution in [0.2, 0.25) is 0 Å². The molecule has 0 saturated heterocycles. The Hall–Kier alpha value is -2.00. The molecule has 0 heterocycles. The van der Waals surface area contributed by atoms with Gasteiger partial charge in [0.1, 0.15) is 11.1 Å². The number of benzene rings is 2. The van der Waals surface area contributed by atoms with E-state index in [1.165, 1.54) is 0 Å². The third kappa shape index (κ3) is 3.48. The third-order valence-electron chi connectivity index (χ3n) is 2.77. The number of halogens is 1. The fourth-order valence-electron chi connectivity index (χ4n) is 1.71. The Morgan fingerprint density at radius 3 is 2.42 bits per heavy atom. The molecule has 2 N–H and O–H groups in total. The van der Waals surface area contributed by atoms with E-state index in [1.807, 2.05) is 18.2 Å². The van der Waals surface area contributed by atoms with Crippen molar-refractivity contribution >= 4 is 17.5 Å². The summed E-state index contributed by atoms with van der Waals surface area (Å²) in [6.45, 7) is 0.252. The molecule has 19 heavy (non-hydrogen) atoms. The number of alkyl halides is 1. The highest BCUT2D eigenvalue weighted by atomic mass is 35.5. The summed E-state index contributed by atoms with van der Waals surface area (Å²) in [5.41, 5.74) is 1.41. The Morgan fingerprint density at radius 1 is 1.11 bits per heavy atom. The number of phenols is 1. The summed E-state index contributed by atoms with van der Waals surface area (Å²) >= 11 is 6.09. The second-order valence-electron chi connectivity index (χ2n) is 4.12. The fraction of sp³-hybridized carbons (Fsp3) is 0.133. The standard InChI is InChI=1S/C15H14ClNO2/c16-14(11-6-2-1-3-7-11)15(19)17-10-12-8-4-5-9-13(12)18/h1-9,14,18H,10H2,(H,17,19). The third-order valence-corrected chi connectivity index (χ3v) is 3.22. The largest absolute Gasteiger partial charge is 0.508 e. The summed E-state index contributed by atoms with van der Waals surface area (Å²) in [7, 11) is 0. The van der Waals surface area contributed by atoms with Gasteiger partial charge in [-0.3, -0.25) is 4.79 Å². The summed E-state index contributed by atoms with van der Waals surface area (Å²) in [5, 5.41) is 11.6. The van der Waals surface area contributed by atoms with Gasteiger partial charge in [-0.05, 0) is 11.6 Å². The molecule has 2 aromatic carbocycles. The number of carbonyl (C=O) groups is 1. The van der Waals surface area contributed by atoms with Crippen molar-refractivity contribution in [3.05, 3.63) is 65.7 Å². The van der Waals surface area contributed by atoms with Crippen LogP contribution in [0.25, 0.3) is 0 Å². The maximum atomic E-state index is 11.9. The van der Waals surface area contributed by atoms with Gasteiger partial charge < -0.3 is 10.4 Å². The Morgan fingerprint density at radius 2 is 1.74 bits per heavy atom. The van der Waals surface area contributed by atoms with E-state index < -0.39 is 5.38 Å². The molecule has 0 radical (unpaired) electrons. The van der Waals surface area contributed by atoms with Crippen molar-refractivity contribution in [1.29, 1.82) is 0 Å². The number of rotatable bonds is 4. The van der Waals surface area contributed by atoms with E-state index in [1.54, 1.807) is 36.4 Å². The monoisotopic (exact) mass is 275 g/mol. The Labute approximate surface area is 116 Å².